The molecule has 2 aromatic rings. The molecule has 0 aliphatic rings. The van der Waals surface area contributed by atoms with Crippen molar-refractivity contribution in [2.24, 2.45) is 0 Å². The van der Waals surface area contributed by atoms with Crippen molar-refractivity contribution >= 4 is 17.2 Å². The molecule has 5 nitrogen and oxygen atoms in total. The summed E-state index contributed by atoms with van der Waals surface area (Å²) in [6, 6.07) is 8.94. The number of ether oxygens (including phenoxy) is 1. The molecule has 1 heterocycles. The minimum atomic E-state index is -0.663. The van der Waals surface area contributed by atoms with Crippen molar-refractivity contribution in [3.05, 3.63) is 45.4 Å². The minimum Gasteiger partial charge on any atom is -0.480 e. The van der Waals surface area contributed by atoms with E-state index in [0.29, 0.717) is 24.3 Å². The molecule has 0 aliphatic heterocycles. The van der Waals surface area contributed by atoms with Crippen molar-refractivity contribution in [3.8, 4) is 11.8 Å². The molecule has 0 radical (unpaired) electrons. The van der Waals surface area contributed by atoms with Crippen LogP contribution in [-0.2, 0) is 17.6 Å². The molecule has 0 saturated carbocycles. The minimum absolute atomic E-state index is 0.202. The van der Waals surface area contributed by atoms with Crippen LogP contribution in [0.15, 0.2) is 24.3 Å². The third-order valence-corrected chi connectivity index (χ3v) is 4.66. The van der Waals surface area contributed by atoms with E-state index in [9.17, 15) is 4.79 Å². The maximum absolute atomic E-state index is 12.1. The zero-order chi connectivity index (χ0) is 17.5. The highest BCUT2D eigenvalue weighted by Crippen LogP contribution is 2.19. The first kappa shape index (κ1) is 18.0. The third kappa shape index (κ3) is 4.56. The van der Waals surface area contributed by atoms with E-state index < -0.39 is 6.10 Å². The Bertz CT molecular complexity index is 749. The molecule has 1 unspecified atom stereocenters. The number of aryl methyl sites for hydroxylation is 2. The highest BCUT2D eigenvalue weighted by molar-refractivity contribution is 7.11. The van der Waals surface area contributed by atoms with Crippen LogP contribution in [0.1, 0.15) is 35.0 Å². The van der Waals surface area contributed by atoms with Gasteiger partial charge in [0.2, 0.25) is 0 Å². The quantitative estimate of drug-likeness (QED) is 0.838. The zero-order valence-corrected chi connectivity index (χ0v) is 14.9. The number of hydrogen-bond acceptors (Lipinski definition) is 5. The fourth-order valence-electron chi connectivity index (χ4n) is 2.26. The van der Waals surface area contributed by atoms with Crippen LogP contribution in [0.3, 0.4) is 0 Å². The normalized spacial score (nSPS) is 11.6. The Labute approximate surface area is 146 Å². The van der Waals surface area contributed by atoms with Gasteiger partial charge in [-0.15, -0.1) is 11.3 Å². The smallest absolute Gasteiger partial charge is 0.260 e. The standard InChI is InChI=1S/C18H21N3O2S/c1-4-15-13(3)24-17(21-15)9-10-20-18(22)12(2)23-16-8-6-5-7-14(16)11-19/h5-8,12H,4,9-10H2,1-3H3,(H,20,22). The SMILES string of the molecule is CCc1nc(CCNC(=O)C(C)Oc2ccccc2C#N)sc1C. The number of nitriles is 1. The predicted octanol–water partition coefficient (Wildman–Crippen LogP) is 3.01. The van der Waals surface area contributed by atoms with Gasteiger partial charge in [-0.2, -0.15) is 5.26 Å². The number of benzene rings is 1. The average molecular weight is 343 g/mol. The Balaban J connectivity index is 1.84. The number of rotatable bonds is 7. The fraction of sp³-hybridized carbons (Fsp3) is 0.389. The van der Waals surface area contributed by atoms with Gasteiger partial charge in [-0.1, -0.05) is 19.1 Å². The maximum atomic E-state index is 12.1. The van der Waals surface area contributed by atoms with Crippen LogP contribution in [0, 0.1) is 18.3 Å². The number of hydrogen-bond donors (Lipinski definition) is 1. The molecule has 24 heavy (non-hydrogen) atoms. The molecule has 6 heteroatoms. The Morgan fingerprint density at radius 2 is 2.21 bits per heavy atom. The lowest BCUT2D eigenvalue weighted by Crippen LogP contribution is -2.37. The number of carbonyl (C=O) groups excluding carboxylic acids is 1. The Morgan fingerprint density at radius 1 is 1.46 bits per heavy atom. The predicted molar refractivity (Wildman–Crippen MR) is 94.2 cm³/mol. The molecule has 2 rings (SSSR count). The van der Waals surface area contributed by atoms with E-state index in [1.165, 1.54) is 4.88 Å². The molecule has 126 valence electrons. The van der Waals surface area contributed by atoms with Crippen molar-refractivity contribution < 1.29 is 9.53 Å². The molecular weight excluding hydrogens is 322 g/mol. The topological polar surface area (TPSA) is 75.0 Å². The number of nitrogens with zero attached hydrogens (tertiary/aromatic N) is 2. The molecular formula is C18H21N3O2S. The van der Waals surface area contributed by atoms with Crippen molar-refractivity contribution in [3.63, 3.8) is 0 Å². The van der Waals surface area contributed by atoms with E-state index in [2.05, 4.69) is 30.2 Å². The van der Waals surface area contributed by atoms with Gasteiger partial charge in [0.25, 0.3) is 5.91 Å². The number of carbonyl (C=O) groups is 1. The lowest BCUT2D eigenvalue weighted by Gasteiger charge is -2.15. The van der Waals surface area contributed by atoms with Crippen molar-refractivity contribution in [2.75, 3.05) is 6.54 Å². The molecule has 1 amide bonds. The number of thiazole rings is 1. The van der Waals surface area contributed by atoms with E-state index in [1.54, 1.807) is 42.5 Å². The first-order chi connectivity index (χ1) is 11.5. The summed E-state index contributed by atoms with van der Waals surface area (Å²) in [6.07, 6.45) is 0.972. The Morgan fingerprint density at radius 3 is 2.88 bits per heavy atom. The van der Waals surface area contributed by atoms with Crippen LogP contribution in [-0.4, -0.2) is 23.5 Å². The molecule has 0 spiro atoms. The Hall–Kier alpha value is -2.39. The second-order valence-electron chi connectivity index (χ2n) is 5.37. The van der Waals surface area contributed by atoms with E-state index in [-0.39, 0.29) is 5.91 Å². The summed E-state index contributed by atoms with van der Waals surface area (Å²) in [5.74, 6) is 0.220. The van der Waals surface area contributed by atoms with Gasteiger partial charge in [-0.25, -0.2) is 4.98 Å². The van der Waals surface area contributed by atoms with Crippen LogP contribution < -0.4 is 10.1 Å². The van der Waals surface area contributed by atoms with Gasteiger partial charge in [0.1, 0.15) is 11.8 Å². The number of para-hydroxylation sites is 1. The molecule has 0 saturated heterocycles. The van der Waals surface area contributed by atoms with E-state index in [0.717, 1.165) is 17.1 Å². The molecule has 0 bridgehead atoms. The fourth-order valence-corrected chi connectivity index (χ4v) is 3.29. The largest absolute Gasteiger partial charge is 0.480 e. The summed E-state index contributed by atoms with van der Waals surface area (Å²) in [4.78, 5) is 17.9. The number of nitrogens with one attached hydrogen (secondary N) is 1. The number of aromatic nitrogens is 1. The maximum Gasteiger partial charge on any atom is 0.260 e. The van der Waals surface area contributed by atoms with Crippen LogP contribution in [0.25, 0.3) is 0 Å². The van der Waals surface area contributed by atoms with E-state index >= 15 is 0 Å². The van der Waals surface area contributed by atoms with Gasteiger partial charge in [0, 0.05) is 17.8 Å². The average Bonchev–Trinajstić information content (AvgIpc) is 2.95. The van der Waals surface area contributed by atoms with Crippen molar-refractivity contribution in [1.82, 2.24) is 10.3 Å². The van der Waals surface area contributed by atoms with Crippen LogP contribution in [0.4, 0.5) is 0 Å². The van der Waals surface area contributed by atoms with Crippen LogP contribution in [0.2, 0.25) is 0 Å². The van der Waals surface area contributed by atoms with Gasteiger partial charge in [0.05, 0.1) is 16.3 Å². The van der Waals surface area contributed by atoms with E-state index in [4.69, 9.17) is 10.00 Å². The molecule has 0 aliphatic carbocycles. The van der Waals surface area contributed by atoms with E-state index in [1.807, 2.05) is 0 Å². The van der Waals surface area contributed by atoms with Crippen LogP contribution in [0.5, 0.6) is 5.75 Å². The van der Waals surface area contributed by atoms with Gasteiger partial charge >= 0.3 is 0 Å². The summed E-state index contributed by atoms with van der Waals surface area (Å²) in [6.45, 7) is 6.35. The lowest BCUT2D eigenvalue weighted by atomic mass is 10.2. The summed E-state index contributed by atoms with van der Waals surface area (Å²) in [5, 5.41) is 12.9. The van der Waals surface area contributed by atoms with Gasteiger partial charge < -0.3 is 10.1 Å². The molecule has 0 fully saturated rings. The summed E-state index contributed by atoms with van der Waals surface area (Å²) >= 11 is 1.68. The second kappa shape index (κ2) is 8.46. The number of amides is 1. The third-order valence-electron chi connectivity index (χ3n) is 3.59. The lowest BCUT2D eigenvalue weighted by molar-refractivity contribution is -0.127. The molecule has 1 aromatic heterocycles. The highest BCUT2D eigenvalue weighted by Gasteiger charge is 2.16. The molecule has 1 aromatic carbocycles. The second-order valence-corrected chi connectivity index (χ2v) is 6.66. The van der Waals surface area contributed by atoms with Crippen LogP contribution >= 0.6 is 11.3 Å². The Kier molecular flexibility index (Phi) is 6.33. The molecule has 1 N–H and O–H groups in total. The first-order valence-electron chi connectivity index (χ1n) is 7.93. The molecule has 1 atom stereocenters. The van der Waals surface area contributed by atoms with Crippen molar-refractivity contribution in [2.45, 2.75) is 39.7 Å². The summed E-state index contributed by atoms with van der Waals surface area (Å²) < 4.78 is 5.59. The zero-order valence-electron chi connectivity index (χ0n) is 14.1. The van der Waals surface area contributed by atoms with Gasteiger partial charge in [-0.3, -0.25) is 4.79 Å². The van der Waals surface area contributed by atoms with Gasteiger partial charge in [0.15, 0.2) is 6.10 Å². The highest BCUT2D eigenvalue weighted by atomic mass is 32.1. The summed E-state index contributed by atoms with van der Waals surface area (Å²) in [7, 11) is 0. The van der Waals surface area contributed by atoms with Gasteiger partial charge in [-0.05, 0) is 32.4 Å². The summed E-state index contributed by atoms with van der Waals surface area (Å²) in [5.41, 5.74) is 1.55. The first-order valence-corrected chi connectivity index (χ1v) is 8.75. The monoisotopic (exact) mass is 343 g/mol. The van der Waals surface area contributed by atoms with Crippen molar-refractivity contribution in [1.29, 1.82) is 5.26 Å².